The Morgan fingerprint density at radius 2 is 1.66 bits per heavy atom. The van der Waals surface area contributed by atoms with Crippen molar-refractivity contribution < 1.29 is 13.2 Å². The Balaban J connectivity index is 1.55. The zero-order valence-electron chi connectivity index (χ0n) is 17.1. The highest BCUT2D eigenvalue weighted by Crippen LogP contribution is 2.31. The lowest BCUT2D eigenvalue weighted by Crippen LogP contribution is -2.04. The molecule has 2 heterocycles. The van der Waals surface area contributed by atoms with Crippen LogP contribution in [-0.4, -0.2) is 24.3 Å². The Bertz CT molecular complexity index is 1430. The second kappa shape index (κ2) is 7.52. The standard InChI is InChI=1S/C23H17F3N6/c1-13-27-12-32(30-13)22-17(25)10-16(11-18(22)26)28-19-4-3-5-20-21(19)29-23(31(20)2)14-6-8-15(24)9-7-14/h3-12,28H,1-2H3. The number of para-hydroxylation sites is 1. The quantitative estimate of drug-likeness (QED) is 0.418. The van der Waals surface area contributed by atoms with Gasteiger partial charge in [0.25, 0.3) is 0 Å². The fourth-order valence-corrected chi connectivity index (χ4v) is 3.64. The first-order chi connectivity index (χ1) is 15.4. The summed E-state index contributed by atoms with van der Waals surface area (Å²) in [5, 5.41) is 7.03. The predicted molar refractivity (Wildman–Crippen MR) is 115 cm³/mol. The number of aryl methyl sites for hydroxylation is 2. The highest BCUT2D eigenvalue weighted by molar-refractivity contribution is 5.93. The molecule has 3 aromatic carbocycles. The van der Waals surface area contributed by atoms with E-state index < -0.39 is 11.6 Å². The summed E-state index contributed by atoms with van der Waals surface area (Å²) < 4.78 is 45.7. The van der Waals surface area contributed by atoms with Gasteiger partial charge >= 0.3 is 0 Å². The lowest BCUT2D eigenvalue weighted by molar-refractivity contribution is 0.560. The molecule has 9 heteroatoms. The largest absolute Gasteiger partial charge is 0.354 e. The molecule has 0 bridgehead atoms. The number of nitrogens with one attached hydrogen (secondary N) is 1. The Kier molecular flexibility index (Phi) is 4.66. The van der Waals surface area contributed by atoms with E-state index in [2.05, 4.69) is 20.4 Å². The molecule has 6 nitrogen and oxygen atoms in total. The third-order valence-electron chi connectivity index (χ3n) is 5.15. The van der Waals surface area contributed by atoms with Crippen LogP contribution in [0, 0.1) is 24.4 Å². The predicted octanol–water partition coefficient (Wildman–Crippen LogP) is 5.29. The summed E-state index contributed by atoms with van der Waals surface area (Å²) in [6.07, 6.45) is 1.26. The van der Waals surface area contributed by atoms with E-state index in [0.717, 1.165) is 15.8 Å². The molecule has 0 aliphatic heterocycles. The Morgan fingerprint density at radius 3 is 2.31 bits per heavy atom. The van der Waals surface area contributed by atoms with Crippen LogP contribution in [0.1, 0.15) is 5.82 Å². The van der Waals surface area contributed by atoms with E-state index >= 15 is 0 Å². The van der Waals surface area contributed by atoms with Gasteiger partial charge in [0.05, 0.1) is 11.2 Å². The van der Waals surface area contributed by atoms with Gasteiger partial charge in [0.2, 0.25) is 0 Å². The molecule has 0 saturated carbocycles. The number of hydrogen-bond acceptors (Lipinski definition) is 4. The molecule has 2 aromatic heterocycles. The van der Waals surface area contributed by atoms with E-state index in [0.29, 0.717) is 22.9 Å². The normalized spacial score (nSPS) is 11.3. The zero-order valence-corrected chi connectivity index (χ0v) is 17.1. The van der Waals surface area contributed by atoms with Crippen molar-refractivity contribution in [3.63, 3.8) is 0 Å². The van der Waals surface area contributed by atoms with Gasteiger partial charge in [-0.15, -0.1) is 0 Å². The van der Waals surface area contributed by atoms with Gasteiger partial charge in [-0.1, -0.05) is 6.07 Å². The minimum atomic E-state index is -0.780. The first-order valence-corrected chi connectivity index (χ1v) is 9.77. The lowest BCUT2D eigenvalue weighted by atomic mass is 10.2. The van der Waals surface area contributed by atoms with Gasteiger partial charge in [0.15, 0.2) is 11.6 Å². The summed E-state index contributed by atoms with van der Waals surface area (Å²) in [6, 6.07) is 13.9. The topological polar surface area (TPSA) is 60.6 Å². The van der Waals surface area contributed by atoms with Crippen LogP contribution in [0.25, 0.3) is 28.1 Å². The Morgan fingerprint density at radius 1 is 0.938 bits per heavy atom. The van der Waals surface area contributed by atoms with E-state index in [9.17, 15) is 13.2 Å². The van der Waals surface area contributed by atoms with Crippen LogP contribution in [0.3, 0.4) is 0 Å². The van der Waals surface area contributed by atoms with Gasteiger partial charge in [-0.25, -0.2) is 27.8 Å². The van der Waals surface area contributed by atoms with Gasteiger partial charge in [-0.2, -0.15) is 5.10 Å². The number of benzene rings is 3. The number of anilines is 2. The molecule has 0 aliphatic rings. The Hall–Kier alpha value is -4.14. The van der Waals surface area contributed by atoms with Crippen molar-refractivity contribution in [1.82, 2.24) is 24.3 Å². The molecule has 0 unspecified atom stereocenters. The third kappa shape index (κ3) is 3.37. The van der Waals surface area contributed by atoms with Crippen LogP contribution >= 0.6 is 0 Å². The summed E-state index contributed by atoms with van der Waals surface area (Å²) in [6.45, 7) is 1.63. The smallest absolute Gasteiger partial charge is 0.154 e. The summed E-state index contributed by atoms with van der Waals surface area (Å²) >= 11 is 0. The molecular formula is C23H17F3N6. The summed E-state index contributed by atoms with van der Waals surface area (Å²) in [7, 11) is 1.85. The number of imidazole rings is 1. The highest BCUT2D eigenvalue weighted by atomic mass is 19.1. The molecule has 160 valence electrons. The van der Waals surface area contributed by atoms with Crippen LogP contribution < -0.4 is 5.32 Å². The molecule has 0 spiro atoms. The molecule has 5 rings (SSSR count). The average Bonchev–Trinajstić information content (AvgIpc) is 3.32. The maximum absolute atomic E-state index is 14.7. The van der Waals surface area contributed by atoms with E-state index in [-0.39, 0.29) is 17.2 Å². The third-order valence-corrected chi connectivity index (χ3v) is 5.15. The van der Waals surface area contributed by atoms with Crippen molar-refractivity contribution in [3.05, 3.63) is 84.2 Å². The van der Waals surface area contributed by atoms with Crippen LogP contribution in [0.15, 0.2) is 60.9 Å². The fraction of sp³-hybridized carbons (Fsp3) is 0.0870. The van der Waals surface area contributed by atoms with Crippen molar-refractivity contribution >= 4 is 22.4 Å². The molecule has 0 aliphatic carbocycles. The van der Waals surface area contributed by atoms with Gasteiger partial charge in [0, 0.05) is 18.3 Å². The van der Waals surface area contributed by atoms with E-state index in [4.69, 9.17) is 0 Å². The second-order valence-electron chi connectivity index (χ2n) is 7.32. The molecule has 0 saturated heterocycles. The highest BCUT2D eigenvalue weighted by Gasteiger charge is 2.17. The number of aromatic nitrogens is 5. The molecule has 0 fully saturated rings. The molecule has 0 atom stereocenters. The van der Waals surface area contributed by atoms with Gasteiger partial charge < -0.3 is 9.88 Å². The van der Waals surface area contributed by atoms with Crippen LogP contribution in [0.5, 0.6) is 0 Å². The summed E-state index contributed by atoms with van der Waals surface area (Å²) in [5.41, 5.74) is 2.68. The first kappa shape index (κ1) is 19.8. The minimum Gasteiger partial charge on any atom is -0.354 e. The van der Waals surface area contributed by atoms with Crippen LogP contribution in [0.4, 0.5) is 24.5 Å². The average molecular weight is 434 g/mol. The monoisotopic (exact) mass is 434 g/mol. The molecule has 0 radical (unpaired) electrons. The van der Waals surface area contributed by atoms with Crippen molar-refractivity contribution in [2.75, 3.05) is 5.32 Å². The maximum atomic E-state index is 14.7. The van der Waals surface area contributed by atoms with Crippen LogP contribution in [0.2, 0.25) is 0 Å². The lowest BCUT2D eigenvalue weighted by Gasteiger charge is -2.10. The molecule has 5 aromatic rings. The molecule has 0 amide bonds. The van der Waals surface area contributed by atoms with E-state index in [1.165, 1.54) is 30.6 Å². The van der Waals surface area contributed by atoms with Crippen molar-refractivity contribution in [2.24, 2.45) is 7.05 Å². The van der Waals surface area contributed by atoms with Gasteiger partial charge in [0.1, 0.15) is 35.0 Å². The summed E-state index contributed by atoms with van der Waals surface area (Å²) in [4.78, 5) is 8.60. The Labute approximate surface area is 181 Å². The van der Waals surface area contributed by atoms with Gasteiger partial charge in [-0.3, -0.25) is 0 Å². The molecular weight excluding hydrogens is 417 g/mol. The van der Waals surface area contributed by atoms with Crippen molar-refractivity contribution in [2.45, 2.75) is 6.92 Å². The van der Waals surface area contributed by atoms with E-state index in [1.807, 2.05) is 23.7 Å². The van der Waals surface area contributed by atoms with Gasteiger partial charge in [-0.05, 0) is 55.5 Å². The zero-order chi connectivity index (χ0) is 22.4. The summed E-state index contributed by atoms with van der Waals surface area (Å²) in [5.74, 6) is -0.841. The minimum absolute atomic E-state index is 0.224. The van der Waals surface area contributed by atoms with E-state index in [1.54, 1.807) is 25.1 Å². The molecule has 1 N–H and O–H groups in total. The first-order valence-electron chi connectivity index (χ1n) is 9.77. The number of halogens is 3. The van der Waals surface area contributed by atoms with Crippen molar-refractivity contribution in [1.29, 1.82) is 0 Å². The SMILES string of the molecule is Cc1ncn(-c2c(F)cc(Nc3cccc4c3nc(-c3ccc(F)cc3)n4C)cc2F)n1. The fourth-order valence-electron chi connectivity index (χ4n) is 3.64. The number of rotatable bonds is 4. The van der Waals surface area contributed by atoms with Crippen LogP contribution in [-0.2, 0) is 7.05 Å². The number of nitrogens with zero attached hydrogens (tertiary/aromatic N) is 5. The number of fused-ring (bicyclic) bond motifs is 1. The maximum Gasteiger partial charge on any atom is 0.154 e. The van der Waals surface area contributed by atoms with Crippen molar-refractivity contribution in [3.8, 4) is 17.1 Å². The number of hydrogen-bond donors (Lipinski definition) is 1. The second-order valence-corrected chi connectivity index (χ2v) is 7.32. The molecule has 32 heavy (non-hydrogen) atoms.